The van der Waals surface area contributed by atoms with Gasteiger partial charge < -0.3 is 14.5 Å². The van der Waals surface area contributed by atoms with E-state index in [1.165, 1.54) is 31.2 Å². The Kier molecular flexibility index (Phi) is 5.33. The van der Waals surface area contributed by atoms with Crippen LogP contribution in [0.1, 0.15) is 50.4 Å². The third-order valence-electron chi connectivity index (χ3n) is 4.38. The van der Waals surface area contributed by atoms with Crippen LogP contribution in [-0.4, -0.2) is 36.7 Å². The Bertz CT molecular complexity index is 428. The van der Waals surface area contributed by atoms with Crippen molar-refractivity contribution >= 4 is 0 Å². The van der Waals surface area contributed by atoms with E-state index in [0.717, 1.165) is 51.0 Å². The van der Waals surface area contributed by atoms with Crippen LogP contribution in [0.5, 0.6) is 0 Å². The first-order valence-corrected chi connectivity index (χ1v) is 8.47. The molecule has 1 N–H and O–H groups in total. The molecule has 1 atom stereocenters. The average Bonchev–Trinajstić information content (AvgIpc) is 3.24. The summed E-state index contributed by atoms with van der Waals surface area (Å²) in [7, 11) is 0. The number of likely N-dealkylation sites (tertiary alicyclic amines) is 1. The number of nitrogens with one attached hydrogen (secondary N) is 1. The number of rotatable bonds is 8. The van der Waals surface area contributed by atoms with Gasteiger partial charge in [0.1, 0.15) is 5.76 Å². The number of piperidine rings is 1. The molecule has 3 rings (SSSR count). The monoisotopic (exact) mass is 292 g/mol. The van der Waals surface area contributed by atoms with Gasteiger partial charge in [-0.1, -0.05) is 6.92 Å². The zero-order chi connectivity index (χ0) is 14.5. The highest BCUT2D eigenvalue weighted by molar-refractivity contribution is 5.17. The van der Waals surface area contributed by atoms with Crippen LogP contribution >= 0.6 is 0 Å². The molecule has 1 unspecified atom stereocenters. The molecule has 1 saturated heterocycles. The predicted molar refractivity (Wildman–Crippen MR) is 83.1 cm³/mol. The normalized spacial score (nSPS) is 23.6. The van der Waals surface area contributed by atoms with Gasteiger partial charge >= 0.3 is 0 Å². The topological polar surface area (TPSA) is 37.6 Å². The van der Waals surface area contributed by atoms with E-state index in [1.54, 1.807) is 0 Å². The minimum atomic E-state index is 0.404. The van der Waals surface area contributed by atoms with E-state index in [-0.39, 0.29) is 0 Å². The second-order valence-electron chi connectivity index (χ2n) is 6.39. The molecule has 4 heteroatoms. The van der Waals surface area contributed by atoms with Gasteiger partial charge in [-0.15, -0.1) is 0 Å². The summed E-state index contributed by atoms with van der Waals surface area (Å²) in [5.74, 6) is 1.12. The molecule has 1 aromatic rings. The fraction of sp³-hybridized carbons (Fsp3) is 0.765. The molecule has 0 spiro atoms. The molecule has 2 fully saturated rings. The number of hydrogen-bond donors (Lipinski definition) is 1. The summed E-state index contributed by atoms with van der Waals surface area (Å²) in [5.41, 5.74) is 1.32. The van der Waals surface area contributed by atoms with Gasteiger partial charge in [-0.3, -0.25) is 4.90 Å². The smallest absolute Gasteiger partial charge is 0.122 e. The van der Waals surface area contributed by atoms with Crippen LogP contribution in [0.25, 0.3) is 0 Å². The summed E-state index contributed by atoms with van der Waals surface area (Å²) in [5, 5.41) is 3.57. The van der Waals surface area contributed by atoms with E-state index < -0.39 is 0 Å². The standard InChI is InChI=1S/C17H28N2O2/c1-2-9-20-16-4-3-8-19(12-16)13-17-14(7-10-21-17)11-18-15-5-6-15/h7,10,15-16,18H,2-6,8-9,11-13H2,1H3. The van der Waals surface area contributed by atoms with Crippen LogP contribution in [0, 0.1) is 0 Å². The summed E-state index contributed by atoms with van der Waals surface area (Å²) in [6, 6.07) is 2.86. The summed E-state index contributed by atoms with van der Waals surface area (Å²) < 4.78 is 11.6. The maximum Gasteiger partial charge on any atom is 0.122 e. The molecule has 0 amide bonds. The van der Waals surface area contributed by atoms with E-state index in [1.807, 2.05) is 6.26 Å². The van der Waals surface area contributed by atoms with Gasteiger partial charge in [-0.25, -0.2) is 0 Å². The largest absolute Gasteiger partial charge is 0.468 e. The fourth-order valence-electron chi connectivity index (χ4n) is 2.99. The van der Waals surface area contributed by atoms with Gasteiger partial charge in [0.25, 0.3) is 0 Å². The number of hydrogen-bond acceptors (Lipinski definition) is 4. The van der Waals surface area contributed by atoms with E-state index in [9.17, 15) is 0 Å². The third kappa shape index (κ3) is 4.56. The van der Waals surface area contributed by atoms with Gasteiger partial charge in [0, 0.05) is 31.3 Å². The Hall–Kier alpha value is -0.840. The predicted octanol–water partition coefficient (Wildman–Crippen LogP) is 2.92. The molecule has 0 aromatic carbocycles. The van der Waals surface area contributed by atoms with E-state index in [4.69, 9.17) is 9.15 Å². The molecule has 1 saturated carbocycles. The van der Waals surface area contributed by atoms with Crippen molar-refractivity contribution in [2.75, 3.05) is 19.7 Å². The van der Waals surface area contributed by atoms with Gasteiger partial charge in [0.2, 0.25) is 0 Å². The SMILES string of the molecule is CCCOC1CCCN(Cc2occc2CNC2CC2)C1. The molecule has 0 bridgehead atoms. The second-order valence-corrected chi connectivity index (χ2v) is 6.39. The average molecular weight is 292 g/mol. The van der Waals surface area contributed by atoms with E-state index in [2.05, 4.69) is 23.2 Å². The molecular weight excluding hydrogens is 264 g/mol. The van der Waals surface area contributed by atoms with Gasteiger partial charge in [-0.05, 0) is 44.7 Å². The maximum absolute atomic E-state index is 5.91. The van der Waals surface area contributed by atoms with Crippen LogP contribution < -0.4 is 5.32 Å². The van der Waals surface area contributed by atoms with Crippen molar-refractivity contribution in [3.63, 3.8) is 0 Å². The lowest BCUT2D eigenvalue weighted by Gasteiger charge is -2.32. The number of furan rings is 1. The first-order chi connectivity index (χ1) is 10.3. The molecular formula is C17H28N2O2. The third-order valence-corrected chi connectivity index (χ3v) is 4.38. The lowest BCUT2D eigenvalue weighted by molar-refractivity contribution is -0.00382. The first-order valence-electron chi connectivity index (χ1n) is 8.47. The lowest BCUT2D eigenvalue weighted by Crippen LogP contribution is -2.39. The highest BCUT2D eigenvalue weighted by atomic mass is 16.5. The van der Waals surface area contributed by atoms with Gasteiger partial charge in [0.05, 0.1) is 18.9 Å². The summed E-state index contributed by atoms with van der Waals surface area (Å²) >= 11 is 0. The van der Waals surface area contributed by atoms with Gasteiger partial charge in [-0.2, -0.15) is 0 Å². The first kappa shape index (κ1) is 15.1. The Balaban J connectivity index is 1.49. The Morgan fingerprint density at radius 2 is 2.29 bits per heavy atom. The molecule has 1 aliphatic heterocycles. The van der Waals surface area contributed by atoms with Crippen molar-refractivity contribution in [2.45, 2.75) is 64.3 Å². The van der Waals surface area contributed by atoms with Crippen LogP contribution in [0.15, 0.2) is 16.7 Å². The van der Waals surface area contributed by atoms with Crippen LogP contribution in [0.3, 0.4) is 0 Å². The van der Waals surface area contributed by atoms with Crippen LogP contribution in [-0.2, 0) is 17.8 Å². The summed E-state index contributed by atoms with van der Waals surface area (Å²) in [6.45, 7) is 7.11. The Labute approximate surface area is 127 Å². The zero-order valence-electron chi connectivity index (χ0n) is 13.1. The molecule has 21 heavy (non-hydrogen) atoms. The van der Waals surface area contributed by atoms with Crippen molar-refractivity contribution < 1.29 is 9.15 Å². The van der Waals surface area contributed by atoms with Gasteiger partial charge in [0.15, 0.2) is 0 Å². The highest BCUT2D eigenvalue weighted by Crippen LogP contribution is 2.22. The molecule has 1 aromatic heterocycles. The van der Waals surface area contributed by atoms with Crippen molar-refractivity contribution in [2.24, 2.45) is 0 Å². The molecule has 4 nitrogen and oxygen atoms in total. The van der Waals surface area contributed by atoms with Crippen molar-refractivity contribution in [3.8, 4) is 0 Å². The Morgan fingerprint density at radius 3 is 3.10 bits per heavy atom. The molecule has 0 radical (unpaired) electrons. The minimum absolute atomic E-state index is 0.404. The van der Waals surface area contributed by atoms with Crippen LogP contribution in [0.4, 0.5) is 0 Å². The van der Waals surface area contributed by atoms with Crippen molar-refractivity contribution in [3.05, 3.63) is 23.7 Å². The quantitative estimate of drug-likeness (QED) is 0.799. The molecule has 2 aliphatic rings. The molecule has 2 heterocycles. The number of nitrogens with zero attached hydrogens (tertiary/aromatic N) is 1. The van der Waals surface area contributed by atoms with Crippen LogP contribution in [0.2, 0.25) is 0 Å². The molecule has 118 valence electrons. The van der Waals surface area contributed by atoms with Crippen molar-refractivity contribution in [1.29, 1.82) is 0 Å². The highest BCUT2D eigenvalue weighted by Gasteiger charge is 2.23. The fourth-order valence-corrected chi connectivity index (χ4v) is 2.99. The number of ether oxygens (including phenoxy) is 1. The minimum Gasteiger partial charge on any atom is -0.468 e. The second kappa shape index (κ2) is 7.43. The summed E-state index contributed by atoms with van der Waals surface area (Å²) in [6.07, 6.45) is 8.42. The lowest BCUT2D eigenvalue weighted by atomic mass is 10.1. The maximum atomic E-state index is 5.91. The van der Waals surface area contributed by atoms with E-state index in [0.29, 0.717) is 6.10 Å². The van der Waals surface area contributed by atoms with E-state index >= 15 is 0 Å². The molecule has 1 aliphatic carbocycles. The van der Waals surface area contributed by atoms with Crippen molar-refractivity contribution in [1.82, 2.24) is 10.2 Å². The zero-order valence-corrected chi connectivity index (χ0v) is 13.1. The Morgan fingerprint density at radius 1 is 1.38 bits per heavy atom. The summed E-state index contributed by atoms with van der Waals surface area (Å²) in [4.78, 5) is 2.48.